The fourth-order valence-corrected chi connectivity index (χ4v) is 2.91. The molecule has 0 unspecified atom stereocenters. The van der Waals surface area contributed by atoms with Crippen molar-refractivity contribution in [2.24, 2.45) is 5.92 Å². The first-order chi connectivity index (χ1) is 8.92. The summed E-state index contributed by atoms with van der Waals surface area (Å²) >= 11 is 0. The highest BCUT2D eigenvalue weighted by atomic mass is 19.3. The van der Waals surface area contributed by atoms with Gasteiger partial charge in [0.05, 0.1) is 0 Å². The molecule has 1 heterocycles. The molecule has 1 aromatic carbocycles. The monoisotopic (exact) mass is 267 g/mol. The number of hydrogen-bond donors (Lipinski definition) is 1. The molecular weight excluding hydrogens is 244 g/mol. The third-order valence-corrected chi connectivity index (χ3v) is 4.46. The number of halogens is 2. The maximum Gasteiger partial charge on any atom is 0.273 e. The topological polar surface area (TPSA) is 12.0 Å². The lowest BCUT2D eigenvalue weighted by molar-refractivity contribution is -0.0332. The summed E-state index contributed by atoms with van der Waals surface area (Å²) in [6, 6.07) is 3.42. The Hall–Kier alpha value is -0.960. The van der Waals surface area contributed by atoms with Gasteiger partial charge in [0.2, 0.25) is 0 Å². The van der Waals surface area contributed by atoms with E-state index >= 15 is 0 Å². The van der Waals surface area contributed by atoms with E-state index in [1.807, 2.05) is 26.8 Å². The predicted octanol–water partition coefficient (Wildman–Crippen LogP) is 4.09. The predicted molar refractivity (Wildman–Crippen MR) is 74.8 cm³/mol. The second-order valence-corrected chi connectivity index (χ2v) is 5.78. The van der Waals surface area contributed by atoms with Gasteiger partial charge in [-0.1, -0.05) is 12.1 Å². The average molecular weight is 267 g/mol. The number of aryl methyl sites for hydroxylation is 1. The lowest BCUT2D eigenvalue weighted by Crippen LogP contribution is -2.31. The van der Waals surface area contributed by atoms with Crippen LogP contribution in [-0.2, 0) is 5.92 Å². The summed E-state index contributed by atoms with van der Waals surface area (Å²) in [5.74, 6) is -2.57. The van der Waals surface area contributed by atoms with Crippen LogP contribution in [0, 0.1) is 26.7 Å². The van der Waals surface area contributed by atoms with Gasteiger partial charge < -0.3 is 5.32 Å². The Labute approximate surface area is 114 Å². The van der Waals surface area contributed by atoms with Crippen molar-refractivity contribution < 1.29 is 8.78 Å². The van der Waals surface area contributed by atoms with E-state index in [-0.39, 0.29) is 17.9 Å². The zero-order chi connectivity index (χ0) is 14.0. The van der Waals surface area contributed by atoms with Gasteiger partial charge in [-0.25, -0.2) is 8.78 Å². The second kappa shape index (κ2) is 5.58. The molecule has 1 aliphatic heterocycles. The maximum absolute atomic E-state index is 14.5. The van der Waals surface area contributed by atoms with Gasteiger partial charge in [0.1, 0.15) is 0 Å². The van der Waals surface area contributed by atoms with E-state index in [0.717, 1.165) is 42.6 Å². The number of piperidine rings is 1. The van der Waals surface area contributed by atoms with E-state index in [1.165, 1.54) is 0 Å². The SMILES string of the molecule is Cc1ccc(C(F)(F)CC2CCNCC2)c(C)c1C. The molecule has 3 heteroatoms. The zero-order valence-corrected chi connectivity index (χ0v) is 12.0. The Morgan fingerprint density at radius 2 is 1.74 bits per heavy atom. The molecule has 0 bridgehead atoms. The molecule has 1 N–H and O–H groups in total. The average Bonchev–Trinajstić information content (AvgIpc) is 2.36. The van der Waals surface area contributed by atoms with Crippen LogP contribution in [0.15, 0.2) is 12.1 Å². The molecule has 0 saturated carbocycles. The molecule has 2 rings (SSSR count). The fraction of sp³-hybridized carbons (Fsp3) is 0.625. The summed E-state index contributed by atoms with van der Waals surface area (Å²) in [6.07, 6.45) is 1.71. The number of benzene rings is 1. The molecule has 1 aliphatic rings. The quantitative estimate of drug-likeness (QED) is 0.869. The van der Waals surface area contributed by atoms with E-state index in [1.54, 1.807) is 6.07 Å². The van der Waals surface area contributed by atoms with Crippen molar-refractivity contribution in [2.45, 2.75) is 46.0 Å². The van der Waals surface area contributed by atoms with Gasteiger partial charge in [-0.3, -0.25) is 0 Å². The summed E-state index contributed by atoms with van der Waals surface area (Å²) in [4.78, 5) is 0. The minimum Gasteiger partial charge on any atom is -0.317 e. The van der Waals surface area contributed by atoms with E-state index in [4.69, 9.17) is 0 Å². The first kappa shape index (κ1) is 14.4. The van der Waals surface area contributed by atoms with E-state index < -0.39 is 5.92 Å². The third kappa shape index (κ3) is 3.14. The number of rotatable bonds is 3. The van der Waals surface area contributed by atoms with Crippen LogP contribution < -0.4 is 5.32 Å². The lowest BCUT2D eigenvalue weighted by Gasteiger charge is -2.28. The minimum absolute atomic E-state index is 0.0159. The standard InChI is InChI=1S/C16H23F2N/c1-11-4-5-15(13(3)12(11)2)16(17,18)10-14-6-8-19-9-7-14/h4-5,14,19H,6-10H2,1-3H3. The molecule has 0 spiro atoms. The molecule has 1 nitrogen and oxygen atoms in total. The summed E-state index contributed by atoms with van der Waals surface area (Å²) in [5.41, 5.74) is 3.04. The number of alkyl halides is 2. The van der Waals surface area contributed by atoms with Gasteiger partial charge in [-0.2, -0.15) is 0 Å². The summed E-state index contributed by atoms with van der Waals surface area (Å²) < 4.78 is 29.0. The highest BCUT2D eigenvalue weighted by molar-refractivity contribution is 5.40. The lowest BCUT2D eigenvalue weighted by atomic mass is 9.86. The zero-order valence-electron chi connectivity index (χ0n) is 12.0. The molecule has 1 aromatic rings. The van der Waals surface area contributed by atoms with Gasteiger partial charge in [-0.15, -0.1) is 0 Å². The Balaban J connectivity index is 2.21. The molecule has 0 atom stereocenters. The largest absolute Gasteiger partial charge is 0.317 e. The van der Waals surface area contributed by atoms with Crippen molar-refractivity contribution in [3.8, 4) is 0 Å². The maximum atomic E-state index is 14.5. The van der Waals surface area contributed by atoms with Crippen LogP contribution in [0.1, 0.15) is 41.5 Å². The molecule has 106 valence electrons. The van der Waals surface area contributed by atoms with Gasteiger partial charge in [-0.05, 0) is 69.3 Å². The molecule has 1 fully saturated rings. The highest BCUT2D eigenvalue weighted by Gasteiger charge is 2.36. The van der Waals surface area contributed by atoms with Gasteiger partial charge in [0, 0.05) is 12.0 Å². The van der Waals surface area contributed by atoms with Crippen LogP contribution in [-0.4, -0.2) is 13.1 Å². The Bertz CT molecular complexity index is 448. The van der Waals surface area contributed by atoms with Crippen molar-refractivity contribution in [3.63, 3.8) is 0 Å². The third-order valence-electron chi connectivity index (χ3n) is 4.46. The minimum atomic E-state index is -2.70. The smallest absolute Gasteiger partial charge is 0.273 e. The van der Waals surface area contributed by atoms with Gasteiger partial charge >= 0.3 is 0 Å². The normalized spacial score (nSPS) is 17.7. The summed E-state index contributed by atoms with van der Waals surface area (Å²) in [6.45, 7) is 7.44. The van der Waals surface area contributed by atoms with E-state index in [2.05, 4.69) is 5.32 Å². The van der Waals surface area contributed by atoms with E-state index in [0.29, 0.717) is 0 Å². The van der Waals surface area contributed by atoms with Crippen molar-refractivity contribution in [1.29, 1.82) is 0 Å². The molecule has 19 heavy (non-hydrogen) atoms. The van der Waals surface area contributed by atoms with Crippen LogP contribution in [0.5, 0.6) is 0 Å². The van der Waals surface area contributed by atoms with Crippen LogP contribution >= 0.6 is 0 Å². The van der Waals surface area contributed by atoms with Gasteiger partial charge in [0.15, 0.2) is 0 Å². The molecule has 1 saturated heterocycles. The Morgan fingerprint density at radius 1 is 1.11 bits per heavy atom. The first-order valence-corrected chi connectivity index (χ1v) is 7.07. The van der Waals surface area contributed by atoms with Crippen molar-refractivity contribution in [3.05, 3.63) is 34.4 Å². The summed E-state index contributed by atoms with van der Waals surface area (Å²) in [5, 5.41) is 3.22. The molecule has 0 radical (unpaired) electrons. The molecular formula is C16H23F2N. The van der Waals surface area contributed by atoms with Crippen LogP contribution in [0.2, 0.25) is 0 Å². The molecule has 0 amide bonds. The first-order valence-electron chi connectivity index (χ1n) is 7.07. The van der Waals surface area contributed by atoms with Crippen molar-refractivity contribution >= 4 is 0 Å². The molecule has 0 aromatic heterocycles. The van der Waals surface area contributed by atoms with Crippen molar-refractivity contribution in [2.75, 3.05) is 13.1 Å². The van der Waals surface area contributed by atoms with Crippen LogP contribution in [0.3, 0.4) is 0 Å². The fourth-order valence-electron chi connectivity index (χ4n) is 2.91. The Kier molecular flexibility index (Phi) is 4.24. The highest BCUT2D eigenvalue weighted by Crippen LogP contribution is 2.39. The number of nitrogens with one attached hydrogen (secondary N) is 1. The number of hydrogen-bond acceptors (Lipinski definition) is 1. The van der Waals surface area contributed by atoms with E-state index in [9.17, 15) is 8.78 Å². The van der Waals surface area contributed by atoms with Crippen LogP contribution in [0.4, 0.5) is 8.78 Å². The summed E-state index contributed by atoms with van der Waals surface area (Å²) in [7, 11) is 0. The second-order valence-electron chi connectivity index (χ2n) is 5.78. The van der Waals surface area contributed by atoms with Gasteiger partial charge in [0.25, 0.3) is 5.92 Å². The van der Waals surface area contributed by atoms with Crippen molar-refractivity contribution in [1.82, 2.24) is 5.32 Å². The van der Waals surface area contributed by atoms with Crippen LogP contribution in [0.25, 0.3) is 0 Å². The molecule has 0 aliphatic carbocycles. The Morgan fingerprint density at radius 3 is 2.37 bits per heavy atom.